The number of aliphatic hydroxyl groups is 1. The molecule has 5 heteroatoms. The zero-order chi connectivity index (χ0) is 17.6. The number of hydrogen-bond acceptors (Lipinski definition) is 5. The van der Waals surface area contributed by atoms with Crippen molar-refractivity contribution in [3.05, 3.63) is 42.1 Å². The predicted molar refractivity (Wildman–Crippen MR) is 97.3 cm³/mol. The zero-order valence-electron chi connectivity index (χ0n) is 15.1. The Morgan fingerprint density at radius 2 is 1.92 bits per heavy atom. The van der Waals surface area contributed by atoms with Crippen molar-refractivity contribution in [2.75, 3.05) is 19.6 Å². The van der Waals surface area contributed by atoms with Gasteiger partial charge in [0.1, 0.15) is 0 Å². The Labute approximate surface area is 149 Å². The van der Waals surface area contributed by atoms with Crippen LogP contribution in [0, 0.1) is 0 Å². The molecular weight excluding hydrogens is 316 g/mol. The van der Waals surface area contributed by atoms with Gasteiger partial charge in [0.15, 0.2) is 5.76 Å². The number of nitrogens with zero attached hydrogens (tertiary/aromatic N) is 2. The van der Waals surface area contributed by atoms with E-state index in [-0.39, 0.29) is 18.3 Å². The summed E-state index contributed by atoms with van der Waals surface area (Å²) in [6.45, 7) is 6.99. The Hall–Kier alpha value is -1.69. The molecule has 5 nitrogen and oxygen atoms in total. The van der Waals surface area contributed by atoms with Gasteiger partial charge in [0, 0.05) is 24.6 Å². The molecule has 1 aromatic carbocycles. The third kappa shape index (κ3) is 4.69. The SMILES string of the molecule is CCN(CC)C[C@H]1O[C@H](Cc2cc(-c3ccccc3)on2)CC[C@@H]1O. The number of ether oxygens (including phenoxy) is 1. The van der Waals surface area contributed by atoms with Crippen molar-refractivity contribution >= 4 is 0 Å². The second-order valence-corrected chi connectivity index (χ2v) is 6.68. The van der Waals surface area contributed by atoms with Gasteiger partial charge in [-0.05, 0) is 25.9 Å². The van der Waals surface area contributed by atoms with E-state index in [0.29, 0.717) is 0 Å². The third-order valence-corrected chi connectivity index (χ3v) is 4.97. The molecule has 1 aliphatic rings. The van der Waals surface area contributed by atoms with Gasteiger partial charge in [-0.15, -0.1) is 0 Å². The van der Waals surface area contributed by atoms with Crippen LogP contribution in [0.5, 0.6) is 0 Å². The second kappa shape index (κ2) is 8.61. The summed E-state index contributed by atoms with van der Waals surface area (Å²) in [5, 5.41) is 14.5. The molecule has 0 unspecified atom stereocenters. The lowest BCUT2D eigenvalue weighted by atomic mass is 9.97. The van der Waals surface area contributed by atoms with E-state index in [1.54, 1.807) is 0 Å². The molecule has 3 rings (SSSR count). The first-order valence-corrected chi connectivity index (χ1v) is 9.26. The van der Waals surface area contributed by atoms with Crippen LogP contribution in [0.1, 0.15) is 32.4 Å². The summed E-state index contributed by atoms with van der Waals surface area (Å²) in [6, 6.07) is 12.0. The van der Waals surface area contributed by atoms with Crippen molar-refractivity contribution in [2.24, 2.45) is 0 Å². The molecule has 0 bridgehead atoms. The normalized spacial score (nSPS) is 23.9. The van der Waals surface area contributed by atoms with E-state index < -0.39 is 0 Å². The van der Waals surface area contributed by atoms with E-state index in [0.717, 1.165) is 55.9 Å². The van der Waals surface area contributed by atoms with Crippen LogP contribution in [0.2, 0.25) is 0 Å². The van der Waals surface area contributed by atoms with Gasteiger partial charge in [-0.2, -0.15) is 0 Å². The lowest BCUT2D eigenvalue weighted by molar-refractivity contribution is -0.125. The van der Waals surface area contributed by atoms with Gasteiger partial charge < -0.3 is 19.3 Å². The second-order valence-electron chi connectivity index (χ2n) is 6.68. The monoisotopic (exact) mass is 344 g/mol. The van der Waals surface area contributed by atoms with Gasteiger partial charge in [0.25, 0.3) is 0 Å². The molecule has 0 radical (unpaired) electrons. The maximum absolute atomic E-state index is 10.3. The molecule has 2 heterocycles. The minimum Gasteiger partial charge on any atom is -0.390 e. The Balaban J connectivity index is 1.60. The van der Waals surface area contributed by atoms with Gasteiger partial charge in [-0.25, -0.2) is 0 Å². The van der Waals surface area contributed by atoms with Crippen molar-refractivity contribution in [3.8, 4) is 11.3 Å². The zero-order valence-corrected chi connectivity index (χ0v) is 15.1. The average Bonchev–Trinajstić information content (AvgIpc) is 3.11. The van der Waals surface area contributed by atoms with Crippen molar-refractivity contribution in [3.63, 3.8) is 0 Å². The lowest BCUT2D eigenvalue weighted by Gasteiger charge is -2.36. The van der Waals surface area contributed by atoms with E-state index in [1.807, 2.05) is 36.4 Å². The van der Waals surface area contributed by atoms with Crippen molar-refractivity contribution in [2.45, 2.75) is 51.4 Å². The minimum absolute atomic E-state index is 0.0812. The van der Waals surface area contributed by atoms with Crippen LogP contribution in [0.3, 0.4) is 0 Å². The van der Waals surface area contributed by atoms with Gasteiger partial charge in [-0.3, -0.25) is 0 Å². The lowest BCUT2D eigenvalue weighted by Crippen LogP contribution is -2.46. The predicted octanol–water partition coefficient (Wildman–Crippen LogP) is 3.13. The molecule has 0 spiro atoms. The van der Waals surface area contributed by atoms with Crippen LogP contribution in [-0.2, 0) is 11.2 Å². The number of aromatic nitrogens is 1. The molecular formula is C20H28N2O3. The van der Waals surface area contributed by atoms with E-state index >= 15 is 0 Å². The molecule has 0 amide bonds. The van der Waals surface area contributed by atoms with E-state index in [9.17, 15) is 5.11 Å². The quantitative estimate of drug-likeness (QED) is 0.836. The largest absolute Gasteiger partial charge is 0.390 e. The summed E-state index contributed by atoms with van der Waals surface area (Å²) in [5.74, 6) is 0.783. The molecule has 1 saturated heterocycles. The molecule has 0 aliphatic carbocycles. The Morgan fingerprint density at radius 3 is 2.64 bits per heavy atom. The fourth-order valence-electron chi connectivity index (χ4n) is 3.38. The summed E-state index contributed by atoms with van der Waals surface area (Å²) in [7, 11) is 0. The highest BCUT2D eigenvalue weighted by atomic mass is 16.5. The summed E-state index contributed by atoms with van der Waals surface area (Å²) in [6.07, 6.45) is 1.92. The molecule has 1 N–H and O–H groups in total. The fourth-order valence-corrected chi connectivity index (χ4v) is 3.38. The van der Waals surface area contributed by atoms with Crippen molar-refractivity contribution in [1.82, 2.24) is 10.1 Å². The van der Waals surface area contributed by atoms with Crippen LogP contribution >= 0.6 is 0 Å². The average molecular weight is 344 g/mol. The number of aliphatic hydroxyl groups excluding tert-OH is 1. The van der Waals surface area contributed by atoms with Gasteiger partial charge in [0.05, 0.1) is 24.0 Å². The first-order chi connectivity index (χ1) is 12.2. The molecule has 1 aliphatic heterocycles. The smallest absolute Gasteiger partial charge is 0.167 e. The van der Waals surface area contributed by atoms with Crippen LogP contribution in [0.4, 0.5) is 0 Å². The highest BCUT2D eigenvalue weighted by Gasteiger charge is 2.31. The summed E-state index contributed by atoms with van der Waals surface area (Å²) in [4.78, 5) is 2.29. The number of hydrogen-bond donors (Lipinski definition) is 1. The fraction of sp³-hybridized carbons (Fsp3) is 0.550. The van der Waals surface area contributed by atoms with Crippen LogP contribution in [0.25, 0.3) is 11.3 Å². The molecule has 3 atom stereocenters. The first kappa shape index (κ1) is 18.1. The molecule has 2 aromatic rings. The third-order valence-electron chi connectivity index (χ3n) is 4.97. The topological polar surface area (TPSA) is 58.7 Å². The Kier molecular flexibility index (Phi) is 6.24. The van der Waals surface area contributed by atoms with E-state index in [4.69, 9.17) is 9.26 Å². The number of likely N-dealkylation sites (N-methyl/N-ethyl adjacent to an activating group) is 1. The molecule has 25 heavy (non-hydrogen) atoms. The van der Waals surface area contributed by atoms with Crippen LogP contribution in [0.15, 0.2) is 40.9 Å². The van der Waals surface area contributed by atoms with Gasteiger partial charge in [-0.1, -0.05) is 49.3 Å². The number of rotatable bonds is 7. The van der Waals surface area contributed by atoms with E-state index in [1.165, 1.54) is 0 Å². The standard InChI is InChI=1S/C20H28N2O3/c1-3-22(4-2)14-20-18(23)11-10-17(24-20)12-16-13-19(25-21-16)15-8-6-5-7-9-15/h5-9,13,17-18,20,23H,3-4,10-12,14H2,1-2H3/t17-,18-,20+/m0/s1. The number of benzene rings is 1. The maximum atomic E-state index is 10.3. The molecule has 0 saturated carbocycles. The van der Waals surface area contributed by atoms with E-state index in [2.05, 4.69) is 23.9 Å². The van der Waals surface area contributed by atoms with Crippen LogP contribution < -0.4 is 0 Å². The molecule has 1 aromatic heterocycles. The summed E-state index contributed by atoms with van der Waals surface area (Å²) in [5.41, 5.74) is 1.93. The Morgan fingerprint density at radius 1 is 1.16 bits per heavy atom. The summed E-state index contributed by atoms with van der Waals surface area (Å²) < 4.78 is 11.7. The first-order valence-electron chi connectivity index (χ1n) is 9.26. The van der Waals surface area contributed by atoms with Crippen molar-refractivity contribution < 1.29 is 14.4 Å². The van der Waals surface area contributed by atoms with Gasteiger partial charge >= 0.3 is 0 Å². The Bertz CT molecular complexity index is 639. The van der Waals surface area contributed by atoms with Crippen LogP contribution in [-0.4, -0.2) is 53.1 Å². The highest BCUT2D eigenvalue weighted by Crippen LogP contribution is 2.25. The molecule has 1 fully saturated rings. The minimum atomic E-state index is -0.381. The van der Waals surface area contributed by atoms with Gasteiger partial charge in [0.2, 0.25) is 0 Å². The highest BCUT2D eigenvalue weighted by molar-refractivity contribution is 5.56. The summed E-state index contributed by atoms with van der Waals surface area (Å²) >= 11 is 0. The molecule has 136 valence electrons. The van der Waals surface area contributed by atoms with Crippen molar-refractivity contribution in [1.29, 1.82) is 0 Å². The maximum Gasteiger partial charge on any atom is 0.167 e.